The molecule has 1 atom stereocenters. The van der Waals surface area contributed by atoms with E-state index in [2.05, 4.69) is 0 Å². The van der Waals surface area contributed by atoms with Crippen molar-refractivity contribution in [3.63, 3.8) is 0 Å². The van der Waals surface area contributed by atoms with Gasteiger partial charge in [0.1, 0.15) is 17.1 Å². The molecule has 0 saturated carbocycles. The second-order valence-electron chi connectivity index (χ2n) is 6.83. The Hall–Kier alpha value is -3.47. The van der Waals surface area contributed by atoms with Gasteiger partial charge >= 0.3 is 5.97 Å². The van der Waals surface area contributed by atoms with Crippen LogP contribution in [0.15, 0.2) is 66.1 Å². The van der Waals surface area contributed by atoms with Crippen LogP contribution < -0.4 is 10.5 Å². The Bertz CT molecular complexity index is 1100. The molecule has 1 aliphatic heterocycles. The molecule has 3 N–H and O–H groups in total. The normalized spacial score (nSPS) is 15.9. The molecule has 0 spiro atoms. The molecule has 0 aromatic heterocycles. The van der Waals surface area contributed by atoms with Gasteiger partial charge in [-0.2, -0.15) is 0 Å². The molecule has 142 valence electrons. The smallest absolute Gasteiger partial charge is 0.340 e. The molecule has 0 amide bonds. The number of nitrogens with two attached hydrogens (primary N) is 1. The van der Waals surface area contributed by atoms with Crippen molar-refractivity contribution in [2.24, 2.45) is 5.73 Å². The number of hydrogen-bond acceptors (Lipinski definition) is 5. The third-order valence-electron chi connectivity index (χ3n) is 4.98. The van der Waals surface area contributed by atoms with Gasteiger partial charge < -0.3 is 20.3 Å². The SMILES string of the molecule is CCOC(=O)C1=C(N)Oc2ccc3ccc(O)cc3c2[C@@H]1c1ccc(C)cc1. The number of benzene rings is 3. The Labute approximate surface area is 163 Å². The number of fused-ring (bicyclic) bond motifs is 3. The summed E-state index contributed by atoms with van der Waals surface area (Å²) in [5.41, 5.74) is 9.23. The second-order valence-corrected chi connectivity index (χ2v) is 6.83. The lowest BCUT2D eigenvalue weighted by Gasteiger charge is -2.29. The zero-order chi connectivity index (χ0) is 19.8. The van der Waals surface area contributed by atoms with Gasteiger partial charge in [-0.1, -0.05) is 42.0 Å². The van der Waals surface area contributed by atoms with Gasteiger partial charge in [0.25, 0.3) is 0 Å². The van der Waals surface area contributed by atoms with E-state index >= 15 is 0 Å². The first-order chi connectivity index (χ1) is 13.5. The van der Waals surface area contributed by atoms with E-state index in [9.17, 15) is 9.90 Å². The molecule has 4 rings (SSSR count). The van der Waals surface area contributed by atoms with E-state index in [0.717, 1.165) is 27.5 Å². The molecule has 1 aliphatic rings. The highest BCUT2D eigenvalue weighted by Gasteiger charge is 2.36. The van der Waals surface area contributed by atoms with Crippen LogP contribution in [-0.2, 0) is 9.53 Å². The van der Waals surface area contributed by atoms with Crippen molar-refractivity contribution in [3.8, 4) is 11.5 Å². The number of aryl methyl sites for hydroxylation is 1. The highest BCUT2D eigenvalue weighted by Crippen LogP contribution is 2.46. The number of carbonyl (C=O) groups excluding carboxylic acids is 1. The molecule has 1 heterocycles. The summed E-state index contributed by atoms with van der Waals surface area (Å²) in [6.07, 6.45) is 0. The quantitative estimate of drug-likeness (QED) is 0.673. The predicted molar refractivity (Wildman–Crippen MR) is 107 cm³/mol. The minimum atomic E-state index is -0.506. The van der Waals surface area contributed by atoms with Gasteiger partial charge in [-0.05, 0) is 48.4 Å². The summed E-state index contributed by atoms with van der Waals surface area (Å²) in [5.74, 6) is -0.226. The summed E-state index contributed by atoms with van der Waals surface area (Å²) in [5, 5.41) is 11.8. The van der Waals surface area contributed by atoms with Crippen molar-refractivity contribution in [1.29, 1.82) is 0 Å². The predicted octanol–water partition coefficient (Wildman–Crippen LogP) is 4.11. The largest absolute Gasteiger partial charge is 0.508 e. The van der Waals surface area contributed by atoms with Crippen LogP contribution >= 0.6 is 0 Å². The Morgan fingerprint density at radius 1 is 1.14 bits per heavy atom. The Kier molecular flexibility index (Phi) is 4.43. The first kappa shape index (κ1) is 17.9. The van der Waals surface area contributed by atoms with E-state index in [1.165, 1.54) is 0 Å². The standard InChI is InChI=1S/C23H21NO4/c1-3-27-23(26)21-19(15-6-4-13(2)5-7-15)20-17-12-16(25)10-8-14(17)9-11-18(20)28-22(21)24/h4-12,19,25H,3,24H2,1-2H3/t19-/m0/s1. The third kappa shape index (κ3) is 2.95. The average Bonchev–Trinajstić information content (AvgIpc) is 2.67. The molecule has 0 saturated heterocycles. The minimum absolute atomic E-state index is 0.0380. The van der Waals surface area contributed by atoms with Gasteiger partial charge in [0.05, 0.1) is 12.5 Å². The first-order valence-corrected chi connectivity index (χ1v) is 9.16. The van der Waals surface area contributed by atoms with E-state index in [4.69, 9.17) is 15.2 Å². The number of phenols is 1. The van der Waals surface area contributed by atoms with Crippen LogP contribution in [0.2, 0.25) is 0 Å². The third-order valence-corrected chi connectivity index (χ3v) is 4.98. The van der Waals surface area contributed by atoms with Gasteiger partial charge in [0.2, 0.25) is 5.88 Å². The number of hydrogen-bond donors (Lipinski definition) is 2. The lowest BCUT2D eigenvalue weighted by atomic mass is 9.80. The zero-order valence-electron chi connectivity index (χ0n) is 15.7. The number of carbonyl (C=O) groups is 1. The Balaban J connectivity index is 2.03. The molecule has 0 unspecified atom stereocenters. The van der Waals surface area contributed by atoms with Crippen LogP contribution in [0.5, 0.6) is 11.5 Å². The van der Waals surface area contributed by atoms with Crippen LogP contribution in [0.1, 0.15) is 29.5 Å². The van der Waals surface area contributed by atoms with Gasteiger partial charge in [-0.3, -0.25) is 0 Å². The number of esters is 1. The van der Waals surface area contributed by atoms with Crippen LogP contribution in [0.4, 0.5) is 0 Å². The minimum Gasteiger partial charge on any atom is -0.508 e. The van der Waals surface area contributed by atoms with Crippen molar-refractivity contribution in [2.45, 2.75) is 19.8 Å². The highest BCUT2D eigenvalue weighted by molar-refractivity contribution is 5.97. The molecule has 3 aromatic rings. The average molecular weight is 375 g/mol. The van der Waals surface area contributed by atoms with Crippen molar-refractivity contribution < 1.29 is 19.4 Å². The van der Waals surface area contributed by atoms with Crippen LogP contribution in [0.3, 0.4) is 0 Å². The molecule has 5 heteroatoms. The molecular formula is C23H21NO4. The van der Waals surface area contributed by atoms with E-state index in [1.54, 1.807) is 19.1 Å². The number of rotatable bonds is 3. The van der Waals surface area contributed by atoms with Crippen molar-refractivity contribution >= 4 is 16.7 Å². The number of aromatic hydroxyl groups is 1. The van der Waals surface area contributed by atoms with Crippen LogP contribution in [-0.4, -0.2) is 17.7 Å². The van der Waals surface area contributed by atoms with Gasteiger partial charge in [-0.25, -0.2) is 4.79 Å². The fraction of sp³-hybridized carbons (Fsp3) is 0.174. The molecule has 0 fully saturated rings. The number of ether oxygens (including phenoxy) is 2. The topological polar surface area (TPSA) is 81.8 Å². The van der Waals surface area contributed by atoms with E-state index in [-0.39, 0.29) is 23.8 Å². The highest BCUT2D eigenvalue weighted by atomic mass is 16.5. The monoisotopic (exact) mass is 375 g/mol. The van der Waals surface area contributed by atoms with E-state index < -0.39 is 11.9 Å². The maximum absolute atomic E-state index is 12.8. The summed E-state index contributed by atoms with van der Waals surface area (Å²) in [4.78, 5) is 12.8. The fourth-order valence-corrected chi connectivity index (χ4v) is 3.68. The maximum Gasteiger partial charge on any atom is 0.340 e. The summed E-state index contributed by atoms with van der Waals surface area (Å²) < 4.78 is 11.1. The van der Waals surface area contributed by atoms with Gasteiger partial charge in [0.15, 0.2) is 0 Å². The van der Waals surface area contributed by atoms with Crippen LogP contribution in [0, 0.1) is 6.92 Å². The lowest BCUT2D eigenvalue weighted by molar-refractivity contribution is -0.139. The van der Waals surface area contributed by atoms with Gasteiger partial charge in [-0.15, -0.1) is 0 Å². The van der Waals surface area contributed by atoms with Crippen molar-refractivity contribution in [3.05, 3.63) is 82.7 Å². The molecule has 0 bridgehead atoms. The summed E-state index contributed by atoms with van der Waals surface area (Å²) in [6.45, 7) is 3.99. The maximum atomic E-state index is 12.8. The zero-order valence-corrected chi connectivity index (χ0v) is 15.7. The molecule has 28 heavy (non-hydrogen) atoms. The second kappa shape index (κ2) is 6.93. The summed E-state index contributed by atoms with van der Waals surface area (Å²) >= 11 is 0. The Morgan fingerprint density at radius 3 is 2.57 bits per heavy atom. The molecular weight excluding hydrogens is 354 g/mol. The molecule has 3 aromatic carbocycles. The molecule has 0 radical (unpaired) electrons. The van der Waals surface area contributed by atoms with Crippen molar-refractivity contribution in [1.82, 2.24) is 0 Å². The molecule has 5 nitrogen and oxygen atoms in total. The van der Waals surface area contributed by atoms with Crippen LogP contribution in [0.25, 0.3) is 10.8 Å². The fourth-order valence-electron chi connectivity index (χ4n) is 3.68. The number of phenolic OH excluding ortho intramolecular Hbond substituents is 1. The summed E-state index contributed by atoms with van der Waals surface area (Å²) in [7, 11) is 0. The van der Waals surface area contributed by atoms with Crippen molar-refractivity contribution in [2.75, 3.05) is 6.61 Å². The van der Waals surface area contributed by atoms with E-state index in [1.807, 2.05) is 49.4 Å². The Morgan fingerprint density at radius 2 is 1.86 bits per heavy atom. The lowest BCUT2D eigenvalue weighted by Crippen LogP contribution is -2.27. The first-order valence-electron chi connectivity index (χ1n) is 9.16. The summed E-state index contributed by atoms with van der Waals surface area (Å²) in [6, 6.07) is 16.8. The van der Waals surface area contributed by atoms with E-state index in [0.29, 0.717) is 5.75 Å². The van der Waals surface area contributed by atoms with Gasteiger partial charge in [0, 0.05) is 5.56 Å². The molecule has 0 aliphatic carbocycles.